The van der Waals surface area contributed by atoms with Crippen molar-refractivity contribution in [3.8, 4) is 5.75 Å². The number of rotatable bonds is 4. The number of hydrogen-bond acceptors (Lipinski definition) is 4. The molecule has 1 N–H and O–H groups in total. The number of hydrogen-bond donors (Lipinski definition) is 1. The molecule has 0 saturated heterocycles. The molecule has 20 heavy (non-hydrogen) atoms. The number of nitrogens with zero attached hydrogens (tertiary/aromatic N) is 1. The summed E-state index contributed by atoms with van der Waals surface area (Å²) in [5.41, 5.74) is 1.22. The number of carbonyl (C=O) groups excluding carboxylic acids is 2. The van der Waals surface area contributed by atoms with Crippen molar-refractivity contribution in [3.05, 3.63) is 23.8 Å². The molecule has 0 saturated carbocycles. The van der Waals surface area contributed by atoms with Gasteiger partial charge in [-0.15, -0.1) is 0 Å². The van der Waals surface area contributed by atoms with E-state index < -0.39 is 6.10 Å². The molecule has 1 aliphatic heterocycles. The average Bonchev–Trinajstić information content (AvgIpc) is 2.42. The molecule has 108 valence electrons. The van der Waals surface area contributed by atoms with Crippen LogP contribution in [-0.4, -0.2) is 37.4 Å². The van der Waals surface area contributed by atoms with Gasteiger partial charge in [-0.1, -0.05) is 13.8 Å². The number of ketones is 1. The molecule has 5 heteroatoms. The number of amides is 1. The summed E-state index contributed by atoms with van der Waals surface area (Å²) in [7, 11) is 1.70. The van der Waals surface area contributed by atoms with Crippen LogP contribution in [0.1, 0.15) is 31.1 Å². The summed E-state index contributed by atoms with van der Waals surface area (Å²) in [5.74, 6) is 0.524. The second kappa shape index (κ2) is 5.63. The fourth-order valence-corrected chi connectivity index (χ4v) is 2.08. The molecule has 1 atom stereocenters. The van der Waals surface area contributed by atoms with E-state index in [4.69, 9.17) is 4.74 Å². The molecule has 0 aliphatic carbocycles. The van der Waals surface area contributed by atoms with Crippen molar-refractivity contribution in [3.63, 3.8) is 0 Å². The lowest BCUT2D eigenvalue weighted by molar-refractivity contribution is -0.125. The third-order valence-electron chi connectivity index (χ3n) is 3.30. The van der Waals surface area contributed by atoms with Gasteiger partial charge in [0.25, 0.3) is 5.91 Å². The lowest BCUT2D eigenvalue weighted by atomic mass is 10.1. The molecule has 2 rings (SSSR count). The van der Waals surface area contributed by atoms with Crippen molar-refractivity contribution in [1.82, 2.24) is 5.32 Å². The molecule has 0 radical (unpaired) electrons. The zero-order valence-corrected chi connectivity index (χ0v) is 12.3. The van der Waals surface area contributed by atoms with Crippen molar-refractivity contribution in [2.75, 3.05) is 18.5 Å². The Morgan fingerprint density at radius 1 is 1.45 bits per heavy atom. The number of anilines is 1. The largest absolute Gasteiger partial charge is 0.479 e. The summed E-state index contributed by atoms with van der Waals surface area (Å²) < 4.78 is 5.53. The first-order valence-electron chi connectivity index (χ1n) is 6.75. The Morgan fingerprint density at radius 3 is 2.80 bits per heavy atom. The van der Waals surface area contributed by atoms with E-state index in [1.54, 1.807) is 32.2 Å². The van der Waals surface area contributed by atoms with E-state index in [9.17, 15) is 9.59 Å². The minimum Gasteiger partial charge on any atom is -0.479 e. The van der Waals surface area contributed by atoms with Gasteiger partial charge in [0.2, 0.25) is 0 Å². The number of nitrogens with one attached hydrogen (secondary N) is 1. The fourth-order valence-electron chi connectivity index (χ4n) is 2.08. The van der Waals surface area contributed by atoms with E-state index in [2.05, 4.69) is 5.32 Å². The molecule has 1 aliphatic rings. The molecule has 5 nitrogen and oxygen atoms in total. The molecule has 0 bridgehead atoms. The highest BCUT2D eigenvalue weighted by molar-refractivity contribution is 6.03. The van der Waals surface area contributed by atoms with Crippen molar-refractivity contribution < 1.29 is 14.3 Å². The van der Waals surface area contributed by atoms with Gasteiger partial charge in [0.1, 0.15) is 5.75 Å². The highest BCUT2D eigenvalue weighted by Gasteiger charge is 2.29. The van der Waals surface area contributed by atoms with Crippen LogP contribution in [-0.2, 0) is 4.79 Å². The highest BCUT2D eigenvalue weighted by atomic mass is 16.5. The third-order valence-corrected chi connectivity index (χ3v) is 3.30. The van der Waals surface area contributed by atoms with Gasteiger partial charge in [-0.05, 0) is 25.1 Å². The normalized spacial score (nSPS) is 17.9. The van der Waals surface area contributed by atoms with Gasteiger partial charge in [-0.2, -0.15) is 0 Å². The lowest BCUT2D eigenvalue weighted by Crippen LogP contribution is -2.42. The first-order chi connectivity index (χ1) is 9.40. The Hall–Kier alpha value is -1.88. The predicted molar refractivity (Wildman–Crippen MR) is 77.4 cm³/mol. The monoisotopic (exact) mass is 276 g/mol. The van der Waals surface area contributed by atoms with Crippen molar-refractivity contribution in [2.24, 2.45) is 0 Å². The molecule has 1 unspecified atom stereocenters. The maximum Gasteiger partial charge on any atom is 0.267 e. The van der Waals surface area contributed by atoms with Crippen LogP contribution < -0.4 is 15.0 Å². The molecule has 0 fully saturated rings. The molecule has 1 aromatic carbocycles. The van der Waals surface area contributed by atoms with E-state index in [1.807, 2.05) is 13.8 Å². The van der Waals surface area contributed by atoms with E-state index in [0.717, 1.165) is 0 Å². The minimum atomic E-state index is -0.489. The number of Topliss-reactive ketones (excluding diaryl/α,β-unsaturated/α-hetero) is 1. The van der Waals surface area contributed by atoms with Crippen LogP contribution in [0.4, 0.5) is 5.69 Å². The Bertz CT molecular complexity index is 540. The summed E-state index contributed by atoms with van der Waals surface area (Å²) in [5, 5.41) is 3.09. The van der Waals surface area contributed by atoms with Crippen LogP contribution in [0.15, 0.2) is 18.2 Å². The molecule has 1 heterocycles. The van der Waals surface area contributed by atoms with E-state index >= 15 is 0 Å². The maximum atomic E-state index is 12.1. The van der Waals surface area contributed by atoms with Gasteiger partial charge in [0, 0.05) is 18.7 Å². The van der Waals surface area contributed by atoms with Gasteiger partial charge in [-0.25, -0.2) is 0 Å². The maximum absolute atomic E-state index is 12.1. The third kappa shape index (κ3) is 2.82. The fraction of sp³-hybridized carbons (Fsp3) is 0.467. The van der Waals surface area contributed by atoms with Crippen molar-refractivity contribution >= 4 is 17.4 Å². The van der Waals surface area contributed by atoms with Gasteiger partial charge < -0.3 is 15.0 Å². The standard InChI is InChI=1S/C15H20N2O3/c1-9(2)16-8-13(18)11-5-6-14-12(7-11)17(4)15(19)10(3)20-14/h5-7,9-10,16H,8H2,1-4H3. The summed E-state index contributed by atoms with van der Waals surface area (Å²) in [4.78, 5) is 25.5. The van der Waals surface area contributed by atoms with Gasteiger partial charge in [0.15, 0.2) is 11.9 Å². The van der Waals surface area contributed by atoms with Crippen molar-refractivity contribution in [2.45, 2.75) is 32.9 Å². The molecular formula is C15H20N2O3. The summed E-state index contributed by atoms with van der Waals surface area (Å²) >= 11 is 0. The Labute approximate surface area is 118 Å². The molecular weight excluding hydrogens is 256 g/mol. The lowest BCUT2D eigenvalue weighted by Gasteiger charge is -2.30. The van der Waals surface area contributed by atoms with E-state index in [0.29, 0.717) is 17.0 Å². The second-order valence-corrected chi connectivity index (χ2v) is 5.30. The Morgan fingerprint density at radius 2 is 2.15 bits per heavy atom. The second-order valence-electron chi connectivity index (χ2n) is 5.30. The van der Waals surface area contributed by atoms with Crippen LogP contribution >= 0.6 is 0 Å². The molecule has 0 spiro atoms. The summed E-state index contributed by atoms with van der Waals surface area (Å²) in [6, 6.07) is 5.45. The molecule has 1 amide bonds. The first-order valence-corrected chi connectivity index (χ1v) is 6.75. The number of carbonyl (C=O) groups is 2. The molecule has 0 aromatic heterocycles. The van der Waals surface area contributed by atoms with Crippen LogP contribution in [0.5, 0.6) is 5.75 Å². The van der Waals surface area contributed by atoms with Gasteiger partial charge >= 0.3 is 0 Å². The predicted octanol–water partition coefficient (Wildman–Crippen LogP) is 1.61. The smallest absolute Gasteiger partial charge is 0.267 e. The summed E-state index contributed by atoms with van der Waals surface area (Å²) in [6.45, 7) is 5.97. The first kappa shape index (κ1) is 14.5. The van der Waals surface area contributed by atoms with Crippen LogP contribution in [0.25, 0.3) is 0 Å². The van der Waals surface area contributed by atoms with E-state index in [1.165, 1.54) is 4.90 Å². The Balaban J connectivity index is 2.23. The number of fused-ring (bicyclic) bond motifs is 1. The number of likely N-dealkylation sites (N-methyl/N-ethyl adjacent to an activating group) is 1. The average molecular weight is 276 g/mol. The van der Waals surface area contributed by atoms with Crippen LogP contribution in [0.2, 0.25) is 0 Å². The minimum absolute atomic E-state index is 0.000899. The van der Waals surface area contributed by atoms with E-state index in [-0.39, 0.29) is 24.3 Å². The SMILES string of the molecule is CC(C)NCC(=O)c1ccc2c(c1)N(C)C(=O)C(C)O2. The van der Waals surface area contributed by atoms with Crippen LogP contribution in [0.3, 0.4) is 0 Å². The topological polar surface area (TPSA) is 58.6 Å². The van der Waals surface area contributed by atoms with Crippen LogP contribution in [0, 0.1) is 0 Å². The zero-order chi connectivity index (χ0) is 14.9. The van der Waals surface area contributed by atoms with Gasteiger partial charge in [-0.3, -0.25) is 9.59 Å². The van der Waals surface area contributed by atoms with Gasteiger partial charge in [0.05, 0.1) is 12.2 Å². The number of benzene rings is 1. The zero-order valence-electron chi connectivity index (χ0n) is 12.3. The van der Waals surface area contributed by atoms with Crippen molar-refractivity contribution in [1.29, 1.82) is 0 Å². The molecule has 1 aromatic rings. The number of ether oxygens (including phenoxy) is 1. The quantitative estimate of drug-likeness (QED) is 0.849. The summed E-state index contributed by atoms with van der Waals surface area (Å²) in [6.07, 6.45) is -0.489. The Kier molecular flexibility index (Phi) is 4.09. The highest BCUT2D eigenvalue weighted by Crippen LogP contribution is 2.33.